The van der Waals surface area contributed by atoms with Gasteiger partial charge in [0.1, 0.15) is 11.7 Å². The average molecular weight is 613 g/mol. The molecular weight excluding hydrogens is 564 g/mol. The fourth-order valence-corrected chi connectivity index (χ4v) is 8.88. The zero-order chi connectivity index (χ0) is 32.3. The fraction of sp³-hybridized carbons (Fsp3) is 0.676. The van der Waals surface area contributed by atoms with Gasteiger partial charge in [-0.15, -0.1) is 6.58 Å². The first-order valence-electron chi connectivity index (χ1n) is 15.6. The molecule has 1 unspecified atom stereocenters. The molecule has 2 saturated heterocycles. The molecule has 0 bridgehead atoms. The zero-order valence-electron chi connectivity index (χ0n) is 27.3. The lowest BCUT2D eigenvalue weighted by molar-refractivity contribution is -0.456. The number of amides is 1. The van der Waals surface area contributed by atoms with Crippen molar-refractivity contribution >= 4 is 17.8 Å². The first-order chi connectivity index (χ1) is 20.5. The lowest BCUT2D eigenvalue weighted by Gasteiger charge is -2.74. The van der Waals surface area contributed by atoms with Crippen LogP contribution in [-0.2, 0) is 39.7 Å². The first kappa shape index (κ1) is 32.6. The van der Waals surface area contributed by atoms with Crippen molar-refractivity contribution < 1.29 is 38.1 Å². The summed E-state index contributed by atoms with van der Waals surface area (Å²) in [5, 5.41) is 2.88. The maximum atomic E-state index is 14.8. The second-order valence-corrected chi connectivity index (χ2v) is 14.4. The highest BCUT2D eigenvalue weighted by atomic mass is 16.7. The molecule has 5 rings (SSSR count). The van der Waals surface area contributed by atoms with Gasteiger partial charge in [-0.3, -0.25) is 14.5 Å². The second kappa shape index (κ2) is 11.2. The van der Waals surface area contributed by atoms with Gasteiger partial charge in [-0.05, 0) is 58.2 Å². The van der Waals surface area contributed by atoms with Crippen molar-refractivity contribution in [3.8, 4) is 0 Å². The molecule has 242 valence electrons. The molecular formula is C34H48N2O8. The normalized spacial score (nSPS) is 40.8. The third kappa shape index (κ3) is 4.89. The van der Waals surface area contributed by atoms with Crippen LogP contribution in [0, 0.1) is 16.7 Å². The minimum absolute atomic E-state index is 0.0139. The van der Waals surface area contributed by atoms with E-state index in [9.17, 15) is 14.4 Å². The van der Waals surface area contributed by atoms with Gasteiger partial charge < -0.3 is 29.0 Å². The Morgan fingerprint density at radius 2 is 1.80 bits per heavy atom. The minimum atomic E-state index is -1.60. The smallest absolute Gasteiger partial charge is 0.407 e. The summed E-state index contributed by atoms with van der Waals surface area (Å²) < 4.78 is 32.8. The summed E-state index contributed by atoms with van der Waals surface area (Å²) in [7, 11) is 3.65. The highest BCUT2D eigenvalue weighted by molar-refractivity contribution is 5.93. The number of ketones is 1. The van der Waals surface area contributed by atoms with E-state index in [1.165, 1.54) is 6.92 Å². The number of alkyl carbamates (subject to hydrolysis) is 1. The average Bonchev–Trinajstić information content (AvgIpc) is 2.93. The molecule has 44 heavy (non-hydrogen) atoms. The highest BCUT2D eigenvalue weighted by Gasteiger charge is 2.85. The first-order valence-corrected chi connectivity index (χ1v) is 15.6. The molecule has 2 saturated carbocycles. The maximum Gasteiger partial charge on any atom is 0.407 e. The molecule has 9 atom stereocenters. The van der Waals surface area contributed by atoms with Gasteiger partial charge in [0.05, 0.1) is 11.7 Å². The van der Waals surface area contributed by atoms with Gasteiger partial charge in [-0.25, -0.2) is 4.79 Å². The molecule has 1 aromatic carbocycles. The predicted octanol–water partition coefficient (Wildman–Crippen LogP) is 4.40. The summed E-state index contributed by atoms with van der Waals surface area (Å²) in [4.78, 5) is 43.0. The molecule has 1 aromatic rings. The van der Waals surface area contributed by atoms with E-state index in [2.05, 4.69) is 25.7 Å². The monoisotopic (exact) mass is 612 g/mol. The van der Waals surface area contributed by atoms with Crippen molar-refractivity contribution in [1.29, 1.82) is 0 Å². The van der Waals surface area contributed by atoms with Crippen LogP contribution >= 0.6 is 0 Å². The van der Waals surface area contributed by atoms with Crippen LogP contribution in [0.5, 0.6) is 0 Å². The maximum absolute atomic E-state index is 14.8. The Bertz CT molecular complexity index is 1300. The van der Waals surface area contributed by atoms with Crippen LogP contribution in [0.1, 0.15) is 66.4 Å². The third-order valence-electron chi connectivity index (χ3n) is 10.7. The molecule has 2 aliphatic heterocycles. The Morgan fingerprint density at radius 1 is 1.11 bits per heavy atom. The quantitative estimate of drug-likeness (QED) is 0.354. The number of ether oxygens (including phenoxy) is 5. The largest absolute Gasteiger partial charge is 0.455 e. The van der Waals surface area contributed by atoms with Crippen molar-refractivity contribution in [2.75, 3.05) is 20.6 Å². The summed E-state index contributed by atoms with van der Waals surface area (Å²) in [5.74, 6) is -1.27. The van der Waals surface area contributed by atoms with Crippen molar-refractivity contribution in [3.63, 3.8) is 0 Å². The van der Waals surface area contributed by atoms with Crippen LogP contribution in [0.15, 0.2) is 43.0 Å². The van der Waals surface area contributed by atoms with E-state index >= 15 is 0 Å². The fourth-order valence-electron chi connectivity index (χ4n) is 8.88. The third-order valence-corrected chi connectivity index (χ3v) is 10.7. The Kier molecular flexibility index (Phi) is 8.32. The van der Waals surface area contributed by atoms with E-state index in [1.807, 2.05) is 51.4 Å². The predicted molar refractivity (Wildman–Crippen MR) is 162 cm³/mol. The van der Waals surface area contributed by atoms with Crippen molar-refractivity contribution in [2.45, 2.75) is 109 Å². The van der Waals surface area contributed by atoms with E-state index < -0.39 is 70.3 Å². The summed E-state index contributed by atoms with van der Waals surface area (Å²) in [6.45, 7) is 15.4. The number of carbonyl (C=O) groups excluding carboxylic acids is 3. The molecule has 0 aromatic heterocycles. The van der Waals surface area contributed by atoms with Gasteiger partial charge in [-0.2, -0.15) is 0 Å². The molecule has 1 spiro atoms. The number of esters is 1. The number of nitrogens with one attached hydrogen (secondary N) is 1. The van der Waals surface area contributed by atoms with Crippen molar-refractivity contribution in [2.24, 2.45) is 16.7 Å². The SMILES string of the molecule is C=C[C@@]1(C)CC(=O)[C@@]23OC(N(C)C)O[C@H]4CCC(C)(C)[C@H]([C@H](OC(=O)NCCc5ccccc5)[C@H](OC(C)=O)[C@@]2(C)O1)[C@]43C. The Morgan fingerprint density at radius 3 is 2.41 bits per heavy atom. The van der Waals surface area contributed by atoms with Crippen LogP contribution < -0.4 is 5.32 Å². The highest BCUT2D eigenvalue weighted by Crippen LogP contribution is 2.70. The molecule has 10 heteroatoms. The van der Waals surface area contributed by atoms with Crippen molar-refractivity contribution in [1.82, 2.24) is 10.2 Å². The molecule has 4 fully saturated rings. The standard InChI is InChI=1S/C34H48N2O8/c1-10-31(5)20-23(38)34-32(6)24(41-29(43-34)36(8)9)16-18-30(3,4)26(32)25(27(40-21(2)37)33(34,7)44-31)42-28(39)35-19-17-22-14-12-11-13-15-22/h10-15,24-27,29H,1,16-20H2,2-9H3,(H,35,39)/t24-,25-,26-,27-,29?,31-,32-,33+,34-/m0/s1. The summed E-state index contributed by atoms with van der Waals surface area (Å²) in [6, 6.07) is 9.83. The number of hydrogen-bond donors (Lipinski definition) is 1. The van der Waals surface area contributed by atoms with Gasteiger partial charge in [-0.1, -0.05) is 57.2 Å². The Labute approximate surface area is 260 Å². The second-order valence-electron chi connectivity index (χ2n) is 14.4. The van der Waals surface area contributed by atoms with E-state index in [4.69, 9.17) is 23.7 Å². The molecule has 2 heterocycles. The summed E-state index contributed by atoms with van der Waals surface area (Å²) in [6.07, 6.45) is -0.485. The minimum Gasteiger partial charge on any atom is -0.455 e. The number of hydrogen-bond acceptors (Lipinski definition) is 9. The van der Waals surface area contributed by atoms with Crippen LogP contribution in [-0.4, -0.2) is 84.9 Å². The number of nitrogens with zero attached hydrogens (tertiary/aromatic N) is 1. The topological polar surface area (TPSA) is 113 Å². The summed E-state index contributed by atoms with van der Waals surface area (Å²) in [5.41, 5.74) is -4.69. The molecule has 10 nitrogen and oxygen atoms in total. The van der Waals surface area contributed by atoms with Gasteiger partial charge >= 0.3 is 12.1 Å². The molecule has 2 aliphatic carbocycles. The lowest BCUT2D eigenvalue weighted by atomic mass is 9.39. The number of benzene rings is 1. The van der Waals surface area contributed by atoms with Crippen LogP contribution in [0.2, 0.25) is 0 Å². The van der Waals surface area contributed by atoms with Crippen LogP contribution in [0.25, 0.3) is 0 Å². The number of rotatable bonds is 7. The Balaban J connectivity index is 1.64. The van der Waals surface area contributed by atoms with Gasteiger partial charge in [0, 0.05) is 31.2 Å². The molecule has 4 aliphatic rings. The zero-order valence-corrected chi connectivity index (χ0v) is 27.3. The van der Waals surface area contributed by atoms with Crippen molar-refractivity contribution in [3.05, 3.63) is 48.6 Å². The Hall–Kier alpha value is -2.79. The number of carbonyl (C=O) groups is 3. The van der Waals surface area contributed by atoms with E-state index in [0.29, 0.717) is 19.4 Å². The van der Waals surface area contributed by atoms with E-state index in [1.54, 1.807) is 24.8 Å². The van der Waals surface area contributed by atoms with Gasteiger partial charge in [0.15, 0.2) is 17.5 Å². The van der Waals surface area contributed by atoms with Gasteiger partial charge in [0.25, 0.3) is 0 Å². The van der Waals surface area contributed by atoms with E-state index in [-0.39, 0.29) is 12.2 Å². The molecule has 1 amide bonds. The van der Waals surface area contributed by atoms with Crippen LogP contribution in [0.3, 0.4) is 0 Å². The number of Topliss-reactive ketones (excluding diaryl/α,β-unsaturated/α-hetero) is 1. The van der Waals surface area contributed by atoms with E-state index in [0.717, 1.165) is 12.0 Å². The molecule has 0 radical (unpaired) electrons. The molecule has 1 N–H and O–H groups in total. The lowest BCUT2D eigenvalue weighted by Crippen LogP contribution is -2.90. The van der Waals surface area contributed by atoms with Crippen LogP contribution in [0.4, 0.5) is 4.79 Å². The van der Waals surface area contributed by atoms with Gasteiger partial charge in [0.2, 0.25) is 6.41 Å². The summed E-state index contributed by atoms with van der Waals surface area (Å²) >= 11 is 0.